The van der Waals surface area contributed by atoms with Crippen molar-refractivity contribution in [3.8, 4) is 0 Å². The van der Waals surface area contributed by atoms with Crippen molar-refractivity contribution in [3.05, 3.63) is 58.7 Å². The molecule has 0 unspecified atom stereocenters. The van der Waals surface area contributed by atoms with Crippen LogP contribution >= 0.6 is 23.5 Å². The van der Waals surface area contributed by atoms with Gasteiger partial charge < -0.3 is 0 Å². The van der Waals surface area contributed by atoms with Gasteiger partial charge in [0.05, 0.1) is 0 Å². The minimum atomic E-state index is -8.80. The number of benzene rings is 2. The predicted molar refractivity (Wildman–Crippen MR) is 128 cm³/mol. The molecule has 0 bridgehead atoms. The third kappa shape index (κ3) is 6.17. The fourth-order valence-corrected chi connectivity index (χ4v) is 5.84. The van der Waals surface area contributed by atoms with Crippen molar-refractivity contribution >= 4 is 23.5 Å². The highest BCUT2D eigenvalue weighted by Crippen LogP contribution is 2.67. The summed E-state index contributed by atoms with van der Waals surface area (Å²) >= 11 is -3.28. The second-order valence-corrected chi connectivity index (χ2v) is 12.3. The minimum Gasteiger partial charge on any atom is -0.192 e. The molecular formula is C25H18F18S2. The molecule has 0 aromatic heterocycles. The first-order valence-corrected chi connectivity index (χ1v) is 13.3. The van der Waals surface area contributed by atoms with E-state index in [0.29, 0.717) is 24.3 Å². The average Bonchev–Trinajstić information content (AvgIpc) is 2.81. The SMILES string of the molecule is Cc1cc(C)cc(SC(F)(F)C(F)(F)C(F)(F)C(F)(F)C(F)(F)C(F)(F)C(F)(F)C(F)(F)C(F)(F)Sc2cc(C)cc(C)c2)c1. The Labute approximate surface area is 250 Å². The largest absolute Gasteiger partial charge is 0.388 e. The third-order valence-corrected chi connectivity index (χ3v) is 7.95. The van der Waals surface area contributed by atoms with Crippen molar-refractivity contribution in [1.82, 2.24) is 0 Å². The Balaban J connectivity index is 2.60. The lowest BCUT2D eigenvalue weighted by atomic mass is 9.89. The van der Waals surface area contributed by atoms with Gasteiger partial charge in [-0.05, 0) is 97.7 Å². The maximum Gasteiger partial charge on any atom is 0.388 e. The lowest BCUT2D eigenvalue weighted by molar-refractivity contribution is -0.454. The van der Waals surface area contributed by atoms with Crippen LogP contribution in [0.25, 0.3) is 0 Å². The first kappa shape index (κ1) is 39.1. The molecule has 0 spiro atoms. The maximum atomic E-state index is 14.3. The van der Waals surface area contributed by atoms with Gasteiger partial charge in [-0.25, -0.2) is 0 Å². The smallest absolute Gasteiger partial charge is 0.192 e. The number of alkyl halides is 18. The van der Waals surface area contributed by atoms with Gasteiger partial charge in [-0.15, -0.1) is 0 Å². The molecule has 0 amide bonds. The van der Waals surface area contributed by atoms with Gasteiger partial charge in [0.2, 0.25) is 0 Å². The number of aryl methyl sites for hydroxylation is 4. The Kier molecular flexibility index (Phi) is 10.0. The van der Waals surface area contributed by atoms with E-state index in [0.717, 1.165) is 27.7 Å². The summed E-state index contributed by atoms with van der Waals surface area (Å²) in [6.07, 6.45) is 0. The van der Waals surface area contributed by atoms with E-state index in [1.54, 1.807) is 0 Å². The summed E-state index contributed by atoms with van der Waals surface area (Å²) < 4.78 is 257. The second kappa shape index (κ2) is 11.5. The topological polar surface area (TPSA) is 0 Å². The quantitative estimate of drug-likeness (QED) is 0.158. The molecule has 0 heterocycles. The van der Waals surface area contributed by atoms with Crippen LogP contribution in [0.4, 0.5) is 79.0 Å². The Bertz CT molecular complexity index is 1260. The third-order valence-electron chi connectivity index (χ3n) is 5.98. The Morgan fingerprint density at radius 2 is 0.489 bits per heavy atom. The summed E-state index contributed by atoms with van der Waals surface area (Å²) in [6.45, 7) is 4.61. The molecule has 2 rings (SSSR count). The zero-order chi connectivity index (χ0) is 35.6. The summed E-state index contributed by atoms with van der Waals surface area (Å²) in [6, 6.07) is 4.82. The molecule has 0 aliphatic rings. The van der Waals surface area contributed by atoms with Crippen LogP contribution in [0.1, 0.15) is 22.3 Å². The van der Waals surface area contributed by atoms with E-state index in [1.165, 1.54) is 12.1 Å². The molecule has 0 saturated heterocycles. The lowest BCUT2D eigenvalue weighted by Crippen LogP contribution is -2.75. The standard InChI is InChI=1S/C25H18F18S2/c1-11-5-12(2)8-15(7-11)44-24(40,41)22(36,37)20(32,33)18(28,29)17(26,27)19(30,31)21(34,35)23(38,39)25(42,43)45-16-9-13(3)6-14(4)10-16/h5-10H,1-4H3. The Morgan fingerprint density at radius 1 is 0.311 bits per heavy atom. The molecule has 2 aromatic carbocycles. The van der Waals surface area contributed by atoms with Gasteiger partial charge in [0.1, 0.15) is 0 Å². The molecule has 0 atom stereocenters. The van der Waals surface area contributed by atoms with Gasteiger partial charge in [-0.1, -0.05) is 12.1 Å². The van der Waals surface area contributed by atoms with Crippen molar-refractivity contribution in [1.29, 1.82) is 0 Å². The highest BCUT2D eigenvalue weighted by Gasteiger charge is 2.96. The number of hydrogen-bond acceptors (Lipinski definition) is 2. The van der Waals surface area contributed by atoms with Crippen molar-refractivity contribution in [2.45, 2.75) is 89.5 Å². The van der Waals surface area contributed by atoms with Gasteiger partial charge in [0, 0.05) is 9.79 Å². The first-order chi connectivity index (χ1) is 19.7. The van der Waals surface area contributed by atoms with Crippen LogP contribution in [-0.4, -0.2) is 52.0 Å². The van der Waals surface area contributed by atoms with Crippen molar-refractivity contribution in [2.24, 2.45) is 0 Å². The maximum absolute atomic E-state index is 14.3. The van der Waals surface area contributed by atoms with Crippen LogP contribution in [0.3, 0.4) is 0 Å². The van der Waals surface area contributed by atoms with Crippen molar-refractivity contribution in [2.75, 3.05) is 0 Å². The Hall–Kier alpha value is -2.12. The van der Waals surface area contributed by atoms with Gasteiger partial charge >= 0.3 is 52.0 Å². The van der Waals surface area contributed by atoms with Gasteiger partial charge in [-0.2, -0.15) is 79.0 Å². The monoisotopic (exact) mass is 724 g/mol. The number of halogens is 18. The van der Waals surface area contributed by atoms with Crippen LogP contribution in [0.15, 0.2) is 46.2 Å². The summed E-state index contributed by atoms with van der Waals surface area (Å²) in [4.78, 5) is -2.13. The zero-order valence-electron chi connectivity index (χ0n) is 22.6. The molecule has 0 fully saturated rings. The fourth-order valence-electron chi connectivity index (χ4n) is 3.76. The number of hydrogen-bond donors (Lipinski definition) is 0. The van der Waals surface area contributed by atoms with Crippen molar-refractivity contribution < 1.29 is 79.0 Å². The minimum absolute atomic E-state index is 0.00413. The van der Waals surface area contributed by atoms with E-state index in [4.69, 9.17) is 0 Å². The van der Waals surface area contributed by atoms with Crippen LogP contribution in [0, 0.1) is 27.7 Å². The molecule has 2 aromatic rings. The fraction of sp³-hybridized carbons (Fsp3) is 0.520. The molecule has 0 aliphatic heterocycles. The zero-order valence-corrected chi connectivity index (χ0v) is 24.2. The molecule has 0 nitrogen and oxygen atoms in total. The van der Waals surface area contributed by atoms with Crippen LogP contribution in [-0.2, 0) is 0 Å². The van der Waals surface area contributed by atoms with Crippen LogP contribution in [0.2, 0.25) is 0 Å². The molecule has 45 heavy (non-hydrogen) atoms. The molecule has 0 N–H and O–H groups in total. The van der Waals surface area contributed by atoms with E-state index >= 15 is 0 Å². The van der Waals surface area contributed by atoms with E-state index in [-0.39, 0.29) is 22.3 Å². The van der Waals surface area contributed by atoms with Crippen molar-refractivity contribution in [3.63, 3.8) is 0 Å². The molecule has 20 heteroatoms. The highest BCUT2D eigenvalue weighted by atomic mass is 32.2. The summed E-state index contributed by atoms with van der Waals surface area (Å²) in [7, 11) is 0. The summed E-state index contributed by atoms with van der Waals surface area (Å²) in [5.41, 5.74) is -0.0165. The highest BCUT2D eigenvalue weighted by molar-refractivity contribution is 8.00. The predicted octanol–water partition coefficient (Wildman–Crippen LogP) is 11.4. The average molecular weight is 725 g/mol. The van der Waals surface area contributed by atoms with Crippen LogP contribution in [0.5, 0.6) is 0 Å². The molecule has 256 valence electrons. The molecular weight excluding hydrogens is 706 g/mol. The Morgan fingerprint density at radius 3 is 0.689 bits per heavy atom. The first-order valence-electron chi connectivity index (χ1n) is 11.7. The van der Waals surface area contributed by atoms with Gasteiger partial charge in [0.15, 0.2) is 0 Å². The number of rotatable bonds is 12. The van der Waals surface area contributed by atoms with Gasteiger partial charge in [0.25, 0.3) is 0 Å². The summed E-state index contributed by atoms with van der Waals surface area (Å²) in [5, 5.41) is -13.2. The van der Waals surface area contributed by atoms with E-state index < -0.39 is 85.3 Å². The summed E-state index contributed by atoms with van der Waals surface area (Å²) in [5.74, 6) is -58.7. The van der Waals surface area contributed by atoms with E-state index in [2.05, 4.69) is 0 Å². The lowest BCUT2D eigenvalue weighted by Gasteiger charge is -2.44. The molecule has 0 aliphatic carbocycles. The van der Waals surface area contributed by atoms with E-state index in [9.17, 15) is 79.0 Å². The molecule has 0 saturated carbocycles. The number of thioether (sulfide) groups is 2. The van der Waals surface area contributed by atoms with E-state index in [1.807, 2.05) is 0 Å². The molecule has 0 radical (unpaired) electrons. The second-order valence-electron chi connectivity index (χ2n) is 9.91. The normalized spacial score (nSPS) is 15.1. The van der Waals surface area contributed by atoms with Gasteiger partial charge in [-0.3, -0.25) is 0 Å². The van der Waals surface area contributed by atoms with Crippen LogP contribution < -0.4 is 0 Å².